The molecule has 0 saturated carbocycles. The number of aromatic nitrogens is 4. The molecule has 0 aliphatic rings. The zero-order chi connectivity index (χ0) is 34.9. The van der Waals surface area contributed by atoms with Crippen LogP contribution in [0.1, 0.15) is 0 Å². The monoisotopic (exact) mass is 676 g/mol. The van der Waals surface area contributed by atoms with Crippen LogP contribution >= 0.6 is 0 Å². The van der Waals surface area contributed by atoms with E-state index in [4.69, 9.17) is 19.4 Å². The van der Waals surface area contributed by atoms with Crippen LogP contribution in [0.3, 0.4) is 0 Å². The Balaban J connectivity index is 1.23. The number of furan rings is 1. The highest BCUT2D eigenvalue weighted by Crippen LogP contribution is 2.44. The number of nitrogens with zero attached hydrogens (tertiary/aromatic N) is 4. The molecule has 0 aliphatic carbocycles. The third kappa shape index (κ3) is 4.71. The van der Waals surface area contributed by atoms with Crippen LogP contribution in [-0.2, 0) is 0 Å². The maximum absolute atomic E-state index is 6.61. The molecule has 0 radical (unpaired) electrons. The molecule has 0 amide bonds. The Morgan fingerprint density at radius 1 is 0.377 bits per heavy atom. The van der Waals surface area contributed by atoms with E-state index in [1.54, 1.807) is 0 Å². The molecule has 0 unspecified atom stereocenters. The molecule has 11 aromatic rings. The number of hydrogen-bond donors (Lipinski definition) is 0. The summed E-state index contributed by atoms with van der Waals surface area (Å²) >= 11 is 0. The van der Waals surface area contributed by atoms with Crippen molar-refractivity contribution in [1.82, 2.24) is 19.9 Å². The quantitative estimate of drug-likeness (QED) is 0.174. The lowest BCUT2D eigenvalue weighted by atomic mass is 9.92. The van der Waals surface area contributed by atoms with Gasteiger partial charge in [0, 0.05) is 45.2 Å². The molecule has 0 saturated heterocycles. The van der Waals surface area contributed by atoms with Gasteiger partial charge in [-0.25, -0.2) is 15.0 Å². The first-order chi connectivity index (χ1) is 26.3. The average Bonchev–Trinajstić information content (AvgIpc) is 3.63. The Kier molecular flexibility index (Phi) is 6.48. The number of pyridine rings is 1. The molecule has 11 rings (SSSR count). The first-order valence-corrected chi connectivity index (χ1v) is 17.7. The predicted molar refractivity (Wildman–Crippen MR) is 217 cm³/mol. The molecule has 0 N–H and O–H groups in total. The Labute approximate surface area is 303 Å². The van der Waals surface area contributed by atoms with Gasteiger partial charge in [0.15, 0.2) is 17.5 Å². The summed E-state index contributed by atoms with van der Waals surface area (Å²) in [7, 11) is 0. The lowest BCUT2D eigenvalue weighted by Crippen LogP contribution is -2.02. The summed E-state index contributed by atoms with van der Waals surface area (Å²) < 4.78 is 6.61. The molecule has 0 atom stereocenters. The smallest absolute Gasteiger partial charge is 0.164 e. The Morgan fingerprint density at radius 3 is 1.87 bits per heavy atom. The minimum absolute atomic E-state index is 0.603. The fraction of sp³-hybridized carbons (Fsp3) is 0. The molecule has 5 heteroatoms. The third-order valence-electron chi connectivity index (χ3n) is 10.4. The van der Waals surface area contributed by atoms with E-state index in [9.17, 15) is 0 Å². The minimum atomic E-state index is 0.603. The van der Waals surface area contributed by atoms with Gasteiger partial charge in [0.2, 0.25) is 0 Å². The van der Waals surface area contributed by atoms with E-state index >= 15 is 0 Å². The van der Waals surface area contributed by atoms with Gasteiger partial charge >= 0.3 is 0 Å². The van der Waals surface area contributed by atoms with Crippen LogP contribution in [-0.4, -0.2) is 19.9 Å². The van der Waals surface area contributed by atoms with Gasteiger partial charge in [-0.15, -0.1) is 0 Å². The zero-order valence-electron chi connectivity index (χ0n) is 28.4. The molecular formula is C48H28N4O. The van der Waals surface area contributed by atoms with Crippen molar-refractivity contribution in [2.45, 2.75) is 0 Å². The highest BCUT2D eigenvalue weighted by atomic mass is 16.3. The third-order valence-corrected chi connectivity index (χ3v) is 10.4. The van der Waals surface area contributed by atoms with E-state index in [0.29, 0.717) is 17.5 Å². The van der Waals surface area contributed by atoms with Crippen molar-refractivity contribution in [3.63, 3.8) is 0 Å². The number of hydrogen-bond acceptors (Lipinski definition) is 5. The Bertz CT molecular complexity index is 3240. The van der Waals surface area contributed by atoms with Crippen molar-refractivity contribution in [2.75, 3.05) is 0 Å². The van der Waals surface area contributed by atoms with Crippen LogP contribution in [0.15, 0.2) is 175 Å². The molecule has 246 valence electrons. The van der Waals surface area contributed by atoms with Crippen LogP contribution < -0.4 is 0 Å². The van der Waals surface area contributed by atoms with E-state index < -0.39 is 0 Å². The van der Waals surface area contributed by atoms with Gasteiger partial charge in [-0.05, 0) is 85.2 Å². The van der Waals surface area contributed by atoms with Crippen molar-refractivity contribution in [2.24, 2.45) is 0 Å². The number of rotatable bonds is 4. The zero-order valence-corrected chi connectivity index (χ0v) is 28.4. The van der Waals surface area contributed by atoms with Crippen LogP contribution in [0.5, 0.6) is 0 Å². The predicted octanol–water partition coefficient (Wildman–Crippen LogP) is 12.4. The van der Waals surface area contributed by atoms with Crippen LogP contribution in [0, 0.1) is 0 Å². The van der Waals surface area contributed by atoms with Gasteiger partial charge in [-0.1, -0.05) is 121 Å². The summed E-state index contributed by atoms with van der Waals surface area (Å²) in [6.07, 6.45) is 3.70. The average molecular weight is 677 g/mol. The van der Waals surface area contributed by atoms with Crippen molar-refractivity contribution < 1.29 is 4.42 Å². The molecule has 3 heterocycles. The van der Waals surface area contributed by atoms with Crippen molar-refractivity contribution in [3.8, 4) is 45.3 Å². The minimum Gasteiger partial charge on any atom is -0.455 e. The summed E-state index contributed by atoms with van der Waals surface area (Å²) in [6, 6.07) is 54.9. The molecule has 5 nitrogen and oxygen atoms in total. The summed E-state index contributed by atoms with van der Waals surface area (Å²) in [4.78, 5) is 20.2. The maximum Gasteiger partial charge on any atom is 0.164 e. The van der Waals surface area contributed by atoms with Crippen LogP contribution in [0.25, 0.3) is 110 Å². The molecule has 0 bridgehead atoms. The fourth-order valence-electron chi connectivity index (χ4n) is 7.89. The van der Waals surface area contributed by atoms with E-state index in [-0.39, 0.29) is 0 Å². The van der Waals surface area contributed by atoms with E-state index in [2.05, 4.69) is 132 Å². The molecule has 8 aromatic carbocycles. The van der Waals surface area contributed by atoms with Gasteiger partial charge in [-0.3, -0.25) is 4.98 Å². The van der Waals surface area contributed by atoms with E-state index in [1.165, 1.54) is 5.39 Å². The first-order valence-electron chi connectivity index (χ1n) is 17.7. The molecule has 0 spiro atoms. The highest BCUT2D eigenvalue weighted by Gasteiger charge is 2.22. The second-order valence-electron chi connectivity index (χ2n) is 13.4. The fourth-order valence-corrected chi connectivity index (χ4v) is 7.89. The topological polar surface area (TPSA) is 64.7 Å². The molecule has 3 aromatic heterocycles. The molecule has 0 aliphatic heterocycles. The van der Waals surface area contributed by atoms with Gasteiger partial charge in [0.25, 0.3) is 0 Å². The second-order valence-corrected chi connectivity index (χ2v) is 13.4. The second kappa shape index (κ2) is 11.7. The molecule has 53 heavy (non-hydrogen) atoms. The normalized spacial score (nSPS) is 11.8. The van der Waals surface area contributed by atoms with Gasteiger partial charge in [0.05, 0.1) is 0 Å². The Hall–Kier alpha value is -7.24. The summed E-state index contributed by atoms with van der Waals surface area (Å²) in [5, 5.41) is 11.0. The number of benzene rings is 8. The number of fused-ring (bicyclic) bond motifs is 9. The molecular weight excluding hydrogens is 649 g/mol. The van der Waals surface area contributed by atoms with Gasteiger partial charge in [-0.2, -0.15) is 0 Å². The summed E-state index contributed by atoms with van der Waals surface area (Å²) in [6.45, 7) is 0. The standard InChI is InChI=1S/C48H28N4O/c1-2-11-30(12-3-1)46-50-47(40-27-33-15-6-7-16-34(33)35-17-8-9-18-36(35)40)52-48(51-46)41-26-32-14-5-4-13-31(32)25-39(41)37-19-10-20-43-44(37)38-22-21-29-23-24-49-28-42(29)45(38)53-43/h1-28H. The lowest BCUT2D eigenvalue weighted by molar-refractivity contribution is 0.672. The van der Waals surface area contributed by atoms with Crippen molar-refractivity contribution in [3.05, 3.63) is 170 Å². The van der Waals surface area contributed by atoms with E-state index in [0.717, 1.165) is 87.5 Å². The van der Waals surface area contributed by atoms with E-state index in [1.807, 2.05) is 42.7 Å². The van der Waals surface area contributed by atoms with Gasteiger partial charge in [0.1, 0.15) is 11.2 Å². The SMILES string of the molecule is c1ccc(-c2nc(-c3cc4ccccc4cc3-c3cccc4oc5c6cnccc6ccc5c34)nc(-c3cc4ccccc4c4ccccc34)n2)cc1. The molecule has 0 fully saturated rings. The van der Waals surface area contributed by atoms with Crippen LogP contribution in [0.2, 0.25) is 0 Å². The summed E-state index contributed by atoms with van der Waals surface area (Å²) in [5.74, 6) is 1.85. The van der Waals surface area contributed by atoms with Crippen molar-refractivity contribution in [1.29, 1.82) is 0 Å². The largest absolute Gasteiger partial charge is 0.455 e. The summed E-state index contributed by atoms with van der Waals surface area (Å²) in [5.41, 5.74) is 6.51. The Morgan fingerprint density at radius 2 is 1.04 bits per heavy atom. The van der Waals surface area contributed by atoms with Crippen LogP contribution in [0.4, 0.5) is 0 Å². The first kappa shape index (κ1) is 29.5. The highest BCUT2D eigenvalue weighted by molar-refractivity contribution is 6.20. The van der Waals surface area contributed by atoms with Gasteiger partial charge < -0.3 is 4.42 Å². The maximum atomic E-state index is 6.61. The lowest BCUT2D eigenvalue weighted by Gasteiger charge is -2.15. The van der Waals surface area contributed by atoms with Crippen molar-refractivity contribution >= 4 is 65.0 Å².